The van der Waals surface area contributed by atoms with Crippen molar-refractivity contribution in [2.75, 3.05) is 0 Å². The van der Waals surface area contributed by atoms with Gasteiger partial charge in [-0.25, -0.2) is 0 Å². The lowest BCUT2D eigenvalue weighted by molar-refractivity contribution is -0.274. The van der Waals surface area contributed by atoms with E-state index in [9.17, 15) is 13.2 Å². The van der Waals surface area contributed by atoms with Crippen LogP contribution in [0, 0.1) is 6.07 Å². The second-order valence-electron chi connectivity index (χ2n) is 3.50. The maximum Gasteiger partial charge on any atom is 0.573 e. The van der Waals surface area contributed by atoms with Crippen LogP contribution < -0.4 is 4.74 Å². The number of halogens is 4. The summed E-state index contributed by atoms with van der Waals surface area (Å²) in [6, 6.07) is 13.4. The van der Waals surface area contributed by atoms with Crippen molar-refractivity contribution in [2.45, 2.75) is 6.36 Å². The molecule has 0 amide bonds. The average Bonchev–Trinajstić information content (AvgIpc) is 2.28. The monoisotopic (exact) mass is 271 g/mol. The number of benzene rings is 2. The van der Waals surface area contributed by atoms with E-state index in [1.165, 1.54) is 18.2 Å². The SMILES string of the molecule is FC(F)(F)Oc1cccc(-c2c[c]c(Cl)cc2)c1. The van der Waals surface area contributed by atoms with Crippen molar-refractivity contribution in [3.05, 3.63) is 53.6 Å². The Morgan fingerprint density at radius 2 is 1.83 bits per heavy atom. The quantitative estimate of drug-likeness (QED) is 0.769. The molecule has 0 bridgehead atoms. The van der Waals surface area contributed by atoms with Crippen LogP contribution in [0.25, 0.3) is 11.1 Å². The van der Waals surface area contributed by atoms with Crippen molar-refractivity contribution in [1.29, 1.82) is 0 Å². The zero-order valence-electron chi connectivity index (χ0n) is 8.96. The molecule has 0 heterocycles. The highest BCUT2D eigenvalue weighted by molar-refractivity contribution is 6.30. The van der Waals surface area contributed by atoms with Gasteiger partial charge in [0.25, 0.3) is 0 Å². The molecule has 0 atom stereocenters. The zero-order valence-corrected chi connectivity index (χ0v) is 9.72. The molecule has 18 heavy (non-hydrogen) atoms. The first-order valence-corrected chi connectivity index (χ1v) is 5.35. The van der Waals surface area contributed by atoms with Gasteiger partial charge in [0.1, 0.15) is 5.75 Å². The Bertz CT molecular complexity index is 535. The number of ether oxygens (including phenoxy) is 1. The molecule has 2 rings (SSSR count). The van der Waals surface area contributed by atoms with E-state index in [0.29, 0.717) is 16.1 Å². The lowest BCUT2D eigenvalue weighted by Gasteiger charge is -2.10. The van der Waals surface area contributed by atoms with E-state index in [1.807, 2.05) is 0 Å². The van der Waals surface area contributed by atoms with Gasteiger partial charge in [-0.15, -0.1) is 13.2 Å². The minimum absolute atomic E-state index is 0.255. The van der Waals surface area contributed by atoms with E-state index >= 15 is 0 Å². The largest absolute Gasteiger partial charge is 0.573 e. The van der Waals surface area contributed by atoms with Crippen molar-refractivity contribution in [3.63, 3.8) is 0 Å². The van der Waals surface area contributed by atoms with Crippen LogP contribution in [0.4, 0.5) is 13.2 Å². The van der Waals surface area contributed by atoms with Crippen molar-refractivity contribution in [1.82, 2.24) is 0 Å². The average molecular weight is 272 g/mol. The molecule has 5 heteroatoms. The maximum absolute atomic E-state index is 12.1. The lowest BCUT2D eigenvalue weighted by Crippen LogP contribution is -2.17. The molecule has 0 aliphatic carbocycles. The summed E-state index contributed by atoms with van der Waals surface area (Å²) in [5.74, 6) is -0.255. The Kier molecular flexibility index (Phi) is 3.48. The molecule has 0 spiro atoms. The molecular formula is C13H7ClF3O. The van der Waals surface area contributed by atoms with Crippen molar-refractivity contribution in [3.8, 4) is 16.9 Å². The van der Waals surface area contributed by atoms with Crippen molar-refractivity contribution >= 4 is 11.6 Å². The standard InChI is InChI=1S/C13H7ClF3O/c14-11-6-4-9(5-7-11)10-2-1-3-12(8-10)18-13(15,16)17/h1-6,8H. The summed E-state index contributed by atoms with van der Waals surface area (Å²) >= 11 is 5.69. The fourth-order valence-corrected chi connectivity index (χ4v) is 1.58. The van der Waals surface area contributed by atoms with Gasteiger partial charge in [0.2, 0.25) is 0 Å². The van der Waals surface area contributed by atoms with Crippen LogP contribution >= 0.6 is 11.6 Å². The first kappa shape index (κ1) is 12.8. The topological polar surface area (TPSA) is 9.23 Å². The first-order chi connectivity index (χ1) is 8.44. The third-order valence-electron chi connectivity index (χ3n) is 2.18. The molecule has 0 aliphatic rings. The van der Waals surface area contributed by atoms with E-state index < -0.39 is 6.36 Å². The molecule has 1 nitrogen and oxygen atoms in total. The Morgan fingerprint density at radius 1 is 1.06 bits per heavy atom. The van der Waals surface area contributed by atoms with Crippen LogP contribution in [0.2, 0.25) is 5.02 Å². The maximum atomic E-state index is 12.1. The summed E-state index contributed by atoms with van der Waals surface area (Å²) < 4.78 is 40.1. The molecule has 0 aliphatic heterocycles. The van der Waals surface area contributed by atoms with E-state index in [2.05, 4.69) is 10.8 Å². The van der Waals surface area contributed by atoms with Gasteiger partial charge in [0.05, 0.1) is 0 Å². The first-order valence-electron chi connectivity index (χ1n) is 4.97. The number of hydrogen-bond donors (Lipinski definition) is 0. The van der Waals surface area contributed by atoms with Gasteiger partial charge in [0.15, 0.2) is 0 Å². The molecule has 0 saturated carbocycles. The van der Waals surface area contributed by atoms with E-state index in [1.54, 1.807) is 24.3 Å². The number of alkyl halides is 3. The molecule has 2 aromatic rings. The highest BCUT2D eigenvalue weighted by Crippen LogP contribution is 2.28. The van der Waals surface area contributed by atoms with Crippen molar-refractivity contribution < 1.29 is 17.9 Å². The van der Waals surface area contributed by atoms with Gasteiger partial charge in [-0.1, -0.05) is 29.8 Å². The zero-order chi connectivity index (χ0) is 13.2. The highest BCUT2D eigenvalue weighted by atomic mass is 35.5. The summed E-state index contributed by atoms with van der Waals surface area (Å²) in [5, 5.41) is 0.446. The number of hydrogen-bond acceptors (Lipinski definition) is 1. The predicted molar refractivity (Wildman–Crippen MR) is 62.4 cm³/mol. The molecule has 0 fully saturated rings. The van der Waals surface area contributed by atoms with Gasteiger partial charge < -0.3 is 4.74 Å². The lowest BCUT2D eigenvalue weighted by atomic mass is 10.1. The van der Waals surface area contributed by atoms with E-state index in [0.717, 1.165) is 0 Å². The van der Waals surface area contributed by atoms with Gasteiger partial charge in [-0.3, -0.25) is 0 Å². The molecule has 1 radical (unpaired) electrons. The fourth-order valence-electron chi connectivity index (χ4n) is 1.46. The summed E-state index contributed by atoms with van der Waals surface area (Å²) in [7, 11) is 0. The van der Waals surface area contributed by atoms with Crippen LogP contribution in [-0.2, 0) is 0 Å². The fraction of sp³-hybridized carbons (Fsp3) is 0.0769. The Morgan fingerprint density at radius 3 is 2.44 bits per heavy atom. The van der Waals surface area contributed by atoms with Gasteiger partial charge in [0, 0.05) is 11.1 Å². The third-order valence-corrected chi connectivity index (χ3v) is 2.41. The van der Waals surface area contributed by atoms with Crippen LogP contribution in [0.1, 0.15) is 0 Å². The summed E-state index contributed by atoms with van der Waals surface area (Å²) in [5.41, 5.74) is 1.32. The molecule has 0 saturated heterocycles. The molecular weight excluding hydrogens is 265 g/mol. The normalized spacial score (nSPS) is 11.3. The minimum Gasteiger partial charge on any atom is -0.406 e. The number of rotatable bonds is 2. The minimum atomic E-state index is -4.69. The molecule has 2 aromatic carbocycles. The smallest absolute Gasteiger partial charge is 0.406 e. The third kappa shape index (κ3) is 3.40. The Balaban J connectivity index is 2.29. The van der Waals surface area contributed by atoms with Crippen LogP contribution in [0.5, 0.6) is 5.75 Å². The van der Waals surface area contributed by atoms with Crippen LogP contribution in [-0.4, -0.2) is 6.36 Å². The van der Waals surface area contributed by atoms with Crippen LogP contribution in [0.15, 0.2) is 42.5 Å². The molecule has 0 aromatic heterocycles. The predicted octanol–water partition coefficient (Wildman–Crippen LogP) is 4.71. The van der Waals surface area contributed by atoms with Crippen molar-refractivity contribution in [2.24, 2.45) is 0 Å². The second-order valence-corrected chi connectivity index (χ2v) is 3.91. The van der Waals surface area contributed by atoms with Crippen LogP contribution in [0.3, 0.4) is 0 Å². The molecule has 0 N–H and O–H groups in total. The summed E-state index contributed by atoms with van der Waals surface area (Å²) in [6.07, 6.45) is -4.69. The van der Waals surface area contributed by atoms with Gasteiger partial charge in [-0.2, -0.15) is 0 Å². The Labute approximate surface area is 107 Å². The van der Waals surface area contributed by atoms with Gasteiger partial charge in [-0.05, 0) is 35.4 Å². The second kappa shape index (κ2) is 4.90. The Hall–Kier alpha value is -1.68. The van der Waals surface area contributed by atoms with Gasteiger partial charge >= 0.3 is 6.36 Å². The summed E-state index contributed by atoms with van der Waals surface area (Å²) in [4.78, 5) is 0. The summed E-state index contributed by atoms with van der Waals surface area (Å²) in [6.45, 7) is 0. The van der Waals surface area contributed by atoms with E-state index in [-0.39, 0.29) is 5.75 Å². The highest BCUT2D eigenvalue weighted by Gasteiger charge is 2.31. The van der Waals surface area contributed by atoms with E-state index in [4.69, 9.17) is 11.6 Å². The molecule has 93 valence electrons. The molecule has 0 unspecified atom stereocenters.